The van der Waals surface area contributed by atoms with Crippen LogP contribution >= 0.6 is 0 Å². The van der Waals surface area contributed by atoms with Gasteiger partial charge in [-0.15, -0.1) is 6.42 Å². The minimum absolute atomic E-state index is 0. The average molecular weight is 513 g/mol. The lowest BCUT2D eigenvalue weighted by molar-refractivity contribution is -0.206. The van der Waals surface area contributed by atoms with Gasteiger partial charge in [0.05, 0.1) is 5.60 Å². The fourth-order valence-electron chi connectivity index (χ4n) is 5.11. The van der Waals surface area contributed by atoms with E-state index in [1.165, 1.54) is 24.3 Å². The zero-order valence-corrected chi connectivity index (χ0v) is 23.7. The number of halogens is 3. The highest BCUT2D eigenvalue weighted by atomic mass is 28.4. The van der Waals surface area contributed by atoms with E-state index < -0.39 is 37.6 Å². The smallest absolute Gasteiger partial charge is 0.408 e. The van der Waals surface area contributed by atoms with Crippen molar-refractivity contribution in [2.75, 3.05) is 0 Å². The number of carbonyl (C=O) groups is 1. The minimum atomic E-state index is -4.87. The molecule has 0 aliphatic carbocycles. The van der Waals surface area contributed by atoms with Gasteiger partial charge in [-0.3, -0.25) is 4.79 Å². The van der Waals surface area contributed by atoms with Gasteiger partial charge >= 0.3 is 12.1 Å². The number of esters is 1. The van der Waals surface area contributed by atoms with E-state index in [0.717, 1.165) is 6.92 Å². The molecule has 0 fully saturated rings. The first-order valence-corrected chi connectivity index (χ1v) is 14.2. The standard InChI is InChI=1S/C28H41F3O3Si.H2/c1-12-24(33-25(32)27(11,28(29,30)31)23-16-14-13-15-17-23)22(8)18-26(9,10)34-35(19(2)3,20(4)5)21(6)7;/h1,13-21,24H,2-11H3;1H/b22-18+;/t24-,27-;/m0./s1. The molecular weight excluding hydrogens is 469 g/mol. The third kappa shape index (κ3) is 6.59. The van der Waals surface area contributed by atoms with Crippen LogP contribution in [-0.2, 0) is 19.4 Å². The van der Waals surface area contributed by atoms with Gasteiger partial charge in [-0.05, 0) is 55.5 Å². The van der Waals surface area contributed by atoms with Crippen LogP contribution in [0.2, 0.25) is 16.6 Å². The molecular formula is C28H43F3O3Si. The topological polar surface area (TPSA) is 35.5 Å². The molecule has 0 unspecified atom stereocenters. The predicted molar refractivity (Wildman–Crippen MR) is 141 cm³/mol. The van der Waals surface area contributed by atoms with Gasteiger partial charge in [0.1, 0.15) is 0 Å². The number of ether oxygens (including phenoxy) is 1. The quantitative estimate of drug-likeness (QED) is 0.137. The summed E-state index contributed by atoms with van der Waals surface area (Å²) < 4.78 is 54.5. The van der Waals surface area contributed by atoms with Crippen molar-refractivity contribution in [3.63, 3.8) is 0 Å². The number of alkyl halides is 3. The first-order chi connectivity index (χ1) is 15.9. The maximum Gasteiger partial charge on any atom is 0.408 e. The summed E-state index contributed by atoms with van der Waals surface area (Å²) in [5.41, 5.74) is -2.35. The summed E-state index contributed by atoms with van der Waals surface area (Å²) in [4.78, 5) is 13.0. The molecule has 0 heterocycles. The second kappa shape index (κ2) is 11.3. The maximum atomic E-state index is 14.1. The van der Waals surface area contributed by atoms with Crippen molar-refractivity contribution < 1.29 is 28.6 Å². The summed E-state index contributed by atoms with van der Waals surface area (Å²) in [6.07, 6.45) is 1.26. The van der Waals surface area contributed by atoms with Gasteiger partial charge in [-0.2, -0.15) is 13.2 Å². The molecule has 3 nitrogen and oxygen atoms in total. The molecule has 198 valence electrons. The first kappa shape index (κ1) is 31.0. The molecule has 0 aliphatic heterocycles. The molecule has 0 aromatic heterocycles. The number of hydrogen-bond donors (Lipinski definition) is 0. The molecule has 0 saturated heterocycles. The fourth-order valence-corrected chi connectivity index (χ4v) is 10.8. The van der Waals surface area contributed by atoms with E-state index in [2.05, 4.69) is 47.5 Å². The Morgan fingerprint density at radius 2 is 1.46 bits per heavy atom. The van der Waals surface area contributed by atoms with Crippen molar-refractivity contribution in [2.24, 2.45) is 0 Å². The molecule has 0 N–H and O–H groups in total. The van der Waals surface area contributed by atoms with E-state index in [1.807, 2.05) is 13.8 Å². The molecule has 35 heavy (non-hydrogen) atoms. The highest BCUT2D eigenvalue weighted by Crippen LogP contribution is 2.45. The lowest BCUT2D eigenvalue weighted by Gasteiger charge is -2.47. The van der Waals surface area contributed by atoms with Crippen LogP contribution in [0, 0.1) is 12.3 Å². The van der Waals surface area contributed by atoms with Gasteiger partial charge in [0.25, 0.3) is 0 Å². The van der Waals surface area contributed by atoms with Crippen LogP contribution in [0.1, 0.15) is 76.2 Å². The maximum absolute atomic E-state index is 14.1. The van der Waals surface area contributed by atoms with Gasteiger partial charge in [0, 0.05) is 1.43 Å². The van der Waals surface area contributed by atoms with Crippen molar-refractivity contribution in [3.8, 4) is 12.3 Å². The molecule has 1 aromatic carbocycles. The Labute approximate surface area is 212 Å². The molecule has 1 aromatic rings. The highest BCUT2D eigenvalue weighted by Gasteiger charge is 2.59. The summed E-state index contributed by atoms with van der Waals surface area (Å²) in [6, 6.07) is 7.00. The van der Waals surface area contributed by atoms with Gasteiger partial charge in [-0.25, -0.2) is 0 Å². The fraction of sp³-hybridized carbons (Fsp3) is 0.607. The lowest BCUT2D eigenvalue weighted by Crippen LogP contribution is -2.52. The van der Waals surface area contributed by atoms with Crippen molar-refractivity contribution >= 4 is 14.3 Å². The second-order valence-corrected chi connectivity index (χ2v) is 16.2. The minimum Gasteiger partial charge on any atom is -0.444 e. The second-order valence-electron chi connectivity index (χ2n) is 10.9. The summed E-state index contributed by atoms with van der Waals surface area (Å²) in [6.45, 7) is 19.3. The number of benzene rings is 1. The van der Waals surface area contributed by atoms with Gasteiger partial charge in [0.15, 0.2) is 11.5 Å². The Bertz CT molecular complexity index is 912. The van der Waals surface area contributed by atoms with Crippen LogP contribution < -0.4 is 0 Å². The molecule has 0 aliphatic rings. The number of terminal acetylenes is 1. The Kier molecular flexibility index (Phi) is 10.0. The van der Waals surface area contributed by atoms with E-state index in [9.17, 15) is 18.0 Å². The summed E-state index contributed by atoms with van der Waals surface area (Å²) in [5.74, 6) is 0.895. The summed E-state index contributed by atoms with van der Waals surface area (Å²) >= 11 is 0. The molecule has 0 bridgehead atoms. The van der Waals surface area contributed by atoms with Crippen LogP contribution in [0.4, 0.5) is 13.2 Å². The summed E-state index contributed by atoms with van der Waals surface area (Å²) in [5, 5.41) is 0. The van der Waals surface area contributed by atoms with Gasteiger partial charge in [0.2, 0.25) is 8.32 Å². The highest BCUT2D eigenvalue weighted by molar-refractivity contribution is 6.77. The molecule has 0 saturated carbocycles. The largest absolute Gasteiger partial charge is 0.444 e. The van der Waals surface area contributed by atoms with Crippen LogP contribution in [0.5, 0.6) is 0 Å². The van der Waals surface area contributed by atoms with Crippen molar-refractivity contribution in [1.29, 1.82) is 0 Å². The Morgan fingerprint density at radius 3 is 1.83 bits per heavy atom. The zero-order chi connectivity index (χ0) is 27.4. The Balaban J connectivity index is 0.0000122. The third-order valence-electron chi connectivity index (χ3n) is 6.84. The van der Waals surface area contributed by atoms with Crippen LogP contribution in [-0.4, -0.2) is 32.2 Å². The van der Waals surface area contributed by atoms with E-state index in [-0.39, 0.29) is 6.99 Å². The van der Waals surface area contributed by atoms with Crippen molar-refractivity contribution in [2.45, 2.75) is 109 Å². The molecule has 1 rings (SSSR count). The number of rotatable bonds is 10. The van der Waals surface area contributed by atoms with Crippen LogP contribution in [0.3, 0.4) is 0 Å². The normalized spacial score (nSPS) is 16.3. The van der Waals surface area contributed by atoms with E-state index in [4.69, 9.17) is 15.6 Å². The Hall–Kier alpha value is -2.04. The monoisotopic (exact) mass is 512 g/mol. The van der Waals surface area contributed by atoms with Crippen molar-refractivity contribution in [3.05, 3.63) is 47.5 Å². The molecule has 7 heteroatoms. The number of carbonyl (C=O) groups excluding carboxylic acids is 1. The van der Waals surface area contributed by atoms with Crippen LogP contribution in [0.25, 0.3) is 0 Å². The summed E-state index contributed by atoms with van der Waals surface area (Å²) in [7, 11) is -2.26. The van der Waals surface area contributed by atoms with E-state index in [1.54, 1.807) is 19.1 Å². The number of hydrogen-bond acceptors (Lipinski definition) is 3. The van der Waals surface area contributed by atoms with Gasteiger partial charge < -0.3 is 9.16 Å². The molecule has 0 radical (unpaired) electrons. The molecule has 0 spiro atoms. The van der Waals surface area contributed by atoms with Gasteiger partial charge in [-0.1, -0.05) is 83.9 Å². The van der Waals surface area contributed by atoms with Crippen LogP contribution in [0.15, 0.2) is 42.0 Å². The molecule has 2 atom stereocenters. The zero-order valence-electron chi connectivity index (χ0n) is 22.7. The SMILES string of the molecule is C#C[C@H](OC(=O)[C@](C)(c1ccccc1)C(F)(F)F)/C(C)=C/C(C)(C)O[Si](C(C)C)(C(C)C)C(C)C.[HH]. The third-order valence-corrected chi connectivity index (χ3v) is 13.1. The van der Waals surface area contributed by atoms with E-state index in [0.29, 0.717) is 22.2 Å². The van der Waals surface area contributed by atoms with E-state index >= 15 is 0 Å². The Morgan fingerprint density at radius 1 is 1.00 bits per heavy atom. The predicted octanol–water partition coefficient (Wildman–Crippen LogP) is 8.21. The average Bonchev–Trinajstić information content (AvgIpc) is 2.73. The molecule has 0 amide bonds. The lowest BCUT2D eigenvalue weighted by atomic mass is 9.81. The van der Waals surface area contributed by atoms with Crippen molar-refractivity contribution in [1.82, 2.24) is 0 Å². The first-order valence-electron chi connectivity index (χ1n) is 12.1.